The van der Waals surface area contributed by atoms with E-state index in [1.54, 1.807) is 0 Å². The Morgan fingerprint density at radius 1 is 0.322 bits per heavy atom. The van der Waals surface area contributed by atoms with Crippen LogP contribution in [0, 0.1) is 0 Å². The molecule has 276 valence electrons. The van der Waals surface area contributed by atoms with Gasteiger partial charge in [-0.15, -0.1) is 11.3 Å². The van der Waals surface area contributed by atoms with Crippen LogP contribution in [0.4, 0.5) is 0 Å². The van der Waals surface area contributed by atoms with Crippen molar-refractivity contribution in [1.29, 1.82) is 0 Å². The van der Waals surface area contributed by atoms with Gasteiger partial charge in [-0.2, -0.15) is 0 Å². The number of fused-ring (bicyclic) bond motifs is 4. The SMILES string of the molecule is c1ccc(-c2nc(-c3ccccc3)nc(-c3cccc(-c4cccc(-c5c(-c6ccc7ccccc7c6)sc6c5c(-c5ccccc5)nc5ccccc56)c4)c3)n2)cc1. The number of pyridine rings is 1. The molecule has 0 aliphatic carbocycles. The highest BCUT2D eigenvalue weighted by Crippen LogP contribution is 2.50. The maximum absolute atomic E-state index is 5.39. The van der Waals surface area contributed by atoms with Gasteiger partial charge >= 0.3 is 0 Å². The van der Waals surface area contributed by atoms with Crippen LogP contribution in [0.1, 0.15) is 0 Å². The van der Waals surface area contributed by atoms with E-state index in [0.717, 1.165) is 55.5 Å². The summed E-state index contributed by atoms with van der Waals surface area (Å²) in [5.74, 6) is 1.91. The number of hydrogen-bond acceptors (Lipinski definition) is 5. The fraction of sp³-hybridized carbons (Fsp3) is 0. The zero-order valence-corrected chi connectivity index (χ0v) is 32.6. The molecule has 0 saturated carbocycles. The summed E-state index contributed by atoms with van der Waals surface area (Å²) in [6.45, 7) is 0. The largest absolute Gasteiger partial charge is 0.247 e. The maximum Gasteiger partial charge on any atom is 0.164 e. The van der Waals surface area contributed by atoms with Gasteiger partial charge in [0.25, 0.3) is 0 Å². The van der Waals surface area contributed by atoms with Crippen molar-refractivity contribution in [1.82, 2.24) is 19.9 Å². The van der Waals surface area contributed by atoms with Crippen molar-refractivity contribution in [2.45, 2.75) is 0 Å². The molecule has 0 atom stereocenters. The number of hydrogen-bond donors (Lipinski definition) is 0. The van der Waals surface area contributed by atoms with Gasteiger partial charge in [0.15, 0.2) is 17.5 Å². The van der Waals surface area contributed by atoms with Gasteiger partial charge in [0.2, 0.25) is 0 Å². The van der Waals surface area contributed by atoms with Crippen LogP contribution in [-0.4, -0.2) is 19.9 Å². The van der Waals surface area contributed by atoms with Crippen LogP contribution >= 0.6 is 11.3 Å². The van der Waals surface area contributed by atoms with Crippen molar-refractivity contribution >= 4 is 43.1 Å². The lowest BCUT2D eigenvalue weighted by Crippen LogP contribution is -2.00. The number of benzene rings is 8. The average molecular weight is 771 g/mol. The van der Waals surface area contributed by atoms with Crippen LogP contribution in [0.2, 0.25) is 0 Å². The Kier molecular flexibility index (Phi) is 8.64. The van der Waals surface area contributed by atoms with Crippen LogP contribution in [0.25, 0.3) is 110 Å². The quantitative estimate of drug-likeness (QED) is 0.162. The first-order chi connectivity index (χ1) is 29.2. The van der Waals surface area contributed by atoms with E-state index in [1.807, 2.05) is 72.0 Å². The number of nitrogens with zero attached hydrogens (tertiary/aromatic N) is 4. The van der Waals surface area contributed by atoms with Gasteiger partial charge in [-0.05, 0) is 57.3 Å². The highest BCUT2D eigenvalue weighted by atomic mass is 32.1. The van der Waals surface area contributed by atoms with Crippen molar-refractivity contribution in [3.05, 3.63) is 206 Å². The Morgan fingerprint density at radius 2 is 0.831 bits per heavy atom. The van der Waals surface area contributed by atoms with Gasteiger partial charge in [-0.1, -0.05) is 182 Å². The minimum Gasteiger partial charge on any atom is -0.247 e. The predicted molar refractivity (Wildman–Crippen MR) is 246 cm³/mol. The minimum atomic E-state index is 0.628. The van der Waals surface area contributed by atoms with Gasteiger partial charge < -0.3 is 0 Å². The number of thiophene rings is 1. The molecule has 0 saturated heterocycles. The topological polar surface area (TPSA) is 51.6 Å². The molecular formula is C54H34N4S. The third kappa shape index (κ3) is 6.44. The summed E-state index contributed by atoms with van der Waals surface area (Å²) in [6.07, 6.45) is 0. The molecule has 0 N–H and O–H groups in total. The minimum absolute atomic E-state index is 0.628. The van der Waals surface area contributed by atoms with Crippen molar-refractivity contribution in [2.24, 2.45) is 0 Å². The van der Waals surface area contributed by atoms with Crippen LogP contribution in [-0.2, 0) is 0 Å². The molecule has 0 bridgehead atoms. The third-order valence-corrected chi connectivity index (χ3v) is 12.2. The molecule has 0 unspecified atom stereocenters. The van der Waals surface area contributed by atoms with E-state index < -0.39 is 0 Å². The Balaban J connectivity index is 1.11. The second-order valence-corrected chi connectivity index (χ2v) is 15.6. The lowest BCUT2D eigenvalue weighted by atomic mass is 9.92. The summed E-state index contributed by atoms with van der Waals surface area (Å²) in [6, 6.07) is 72.2. The molecule has 0 amide bonds. The fourth-order valence-electron chi connectivity index (χ4n) is 8.03. The van der Waals surface area contributed by atoms with E-state index in [2.05, 4.69) is 146 Å². The molecule has 0 aliphatic rings. The lowest BCUT2D eigenvalue weighted by molar-refractivity contribution is 1.07. The van der Waals surface area contributed by atoms with Gasteiger partial charge in [0.05, 0.1) is 11.2 Å². The van der Waals surface area contributed by atoms with E-state index >= 15 is 0 Å². The van der Waals surface area contributed by atoms with E-state index in [9.17, 15) is 0 Å². The first-order valence-corrected chi connectivity index (χ1v) is 20.5. The summed E-state index contributed by atoms with van der Waals surface area (Å²) in [7, 11) is 0. The molecule has 11 aromatic rings. The standard InChI is InChI=1S/C54H34N4S/c1-4-17-36(18-5-1)49-48-47(50(43-31-30-35-16-10-11-23-39(35)33-43)59-51(48)45-28-12-13-29-46(45)55-49)42-26-14-24-40(32-42)41-25-15-27-44(34-41)54-57-52(37-19-6-2-7-20-37)56-53(58-54)38-21-8-3-9-22-38/h1-34H. The van der Waals surface area contributed by atoms with Crippen LogP contribution in [0.5, 0.6) is 0 Å². The molecule has 5 heteroatoms. The van der Waals surface area contributed by atoms with Gasteiger partial charge in [-0.25, -0.2) is 19.9 Å². The molecule has 59 heavy (non-hydrogen) atoms. The van der Waals surface area contributed by atoms with Gasteiger partial charge in [0, 0.05) is 48.2 Å². The van der Waals surface area contributed by atoms with Crippen molar-refractivity contribution in [3.8, 4) is 78.1 Å². The monoisotopic (exact) mass is 770 g/mol. The summed E-state index contributed by atoms with van der Waals surface area (Å²) in [5, 5.41) is 4.77. The Bertz CT molecular complexity index is 3270. The second kappa shape index (κ2) is 14.7. The first kappa shape index (κ1) is 34.6. The zero-order chi connectivity index (χ0) is 39.1. The third-order valence-electron chi connectivity index (χ3n) is 10.9. The maximum atomic E-state index is 5.39. The smallest absolute Gasteiger partial charge is 0.164 e. The predicted octanol–water partition coefficient (Wildman–Crippen LogP) is 14.5. The van der Waals surface area contributed by atoms with E-state index in [-0.39, 0.29) is 0 Å². The average Bonchev–Trinajstić information content (AvgIpc) is 3.73. The van der Waals surface area contributed by atoms with Crippen LogP contribution < -0.4 is 0 Å². The van der Waals surface area contributed by atoms with Crippen LogP contribution in [0.15, 0.2) is 206 Å². The number of aromatic nitrogens is 4. The molecule has 0 fully saturated rings. The molecule has 11 rings (SSSR count). The highest BCUT2D eigenvalue weighted by molar-refractivity contribution is 7.24. The summed E-state index contributed by atoms with van der Waals surface area (Å²) >= 11 is 1.86. The molecule has 0 spiro atoms. The summed E-state index contributed by atoms with van der Waals surface area (Å²) < 4.78 is 1.23. The molecule has 4 nitrogen and oxygen atoms in total. The molecule has 8 aromatic carbocycles. The number of para-hydroxylation sites is 1. The molecule has 0 radical (unpaired) electrons. The first-order valence-electron chi connectivity index (χ1n) is 19.7. The second-order valence-electron chi connectivity index (χ2n) is 14.6. The van der Waals surface area contributed by atoms with Crippen LogP contribution in [0.3, 0.4) is 0 Å². The zero-order valence-electron chi connectivity index (χ0n) is 31.8. The molecule has 3 aromatic heterocycles. The Hall–Kier alpha value is -7.60. The Labute approximate surface area is 345 Å². The number of rotatable bonds is 7. The highest BCUT2D eigenvalue weighted by Gasteiger charge is 2.23. The van der Waals surface area contributed by atoms with E-state index in [0.29, 0.717) is 17.5 Å². The lowest BCUT2D eigenvalue weighted by Gasteiger charge is -2.13. The van der Waals surface area contributed by atoms with Crippen molar-refractivity contribution in [3.63, 3.8) is 0 Å². The summed E-state index contributed by atoms with van der Waals surface area (Å²) in [5.41, 5.74) is 11.6. The molecular weight excluding hydrogens is 737 g/mol. The van der Waals surface area contributed by atoms with Crippen molar-refractivity contribution < 1.29 is 0 Å². The summed E-state index contributed by atoms with van der Waals surface area (Å²) in [4.78, 5) is 21.6. The molecule has 3 heterocycles. The van der Waals surface area contributed by atoms with Gasteiger partial charge in [-0.3, -0.25) is 0 Å². The normalized spacial score (nSPS) is 11.4. The van der Waals surface area contributed by atoms with Crippen molar-refractivity contribution in [2.75, 3.05) is 0 Å². The van der Waals surface area contributed by atoms with E-state index in [1.165, 1.54) is 36.9 Å². The molecule has 0 aliphatic heterocycles. The fourth-order valence-corrected chi connectivity index (χ4v) is 9.38. The Morgan fingerprint density at radius 3 is 1.51 bits per heavy atom. The van der Waals surface area contributed by atoms with Gasteiger partial charge in [0.1, 0.15) is 0 Å². The van der Waals surface area contributed by atoms with E-state index in [4.69, 9.17) is 19.9 Å².